The molecular weight excluding hydrogens is 442 g/mol. The van der Waals surface area contributed by atoms with Crippen molar-refractivity contribution in [3.8, 4) is 17.0 Å². The van der Waals surface area contributed by atoms with Gasteiger partial charge in [0, 0.05) is 24.8 Å². The molecule has 2 aromatic carbocycles. The highest BCUT2D eigenvalue weighted by Gasteiger charge is 2.16. The van der Waals surface area contributed by atoms with Crippen LogP contribution in [0.4, 0.5) is 0 Å². The third-order valence-electron chi connectivity index (χ3n) is 6.38. The number of aliphatic hydroxyl groups is 1. The highest BCUT2D eigenvalue weighted by Crippen LogP contribution is 2.26. The third kappa shape index (κ3) is 8.31. The molecule has 1 saturated carbocycles. The van der Waals surface area contributed by atoms with Crippen LogP contribution in [0.3, 0.4) is 0 Å². The number of rotatable bonds is 14. The van der Waals surface area contributed by atoms with Crippen molar-refractivity contribution in [2.45, 2.75) is 38.2 Å². The molecule has 1 atom stereocenters. The largest absolute Gasteiger partial charge is 0.491 e. The van der Waals surface area contributed by atoms with Gasteiger partial charge in [0.2, 0.25) is 0 Å². The summed E-state index contributed by atoms with van der Waals surface area (Å²) < 4.78 is 11.5. The van der Waals surface area contributed by atoms with E-state index in [4.69, 9.17) is 9.47 Å². The highest BCUT2D eigenvalue weighted by atomic mass is 16.5. The monoisotopic (exact) mass is 477 g/mol. The zero-order chi connectivity index (χ0) is 24.3. The quantitative estimate of drug-likeness (QED) is 0.308. The maximum atomic E-state index is 11.1. The fraction of sp³-hybridized carbons (Fsp3) is 0.429. The predicted octanol–water partition coefficient (Wildman–Crippen LogP) is 3.37. The Morgan fingerprint density at radius 1 is 1.00 bits per heavy atom. The molecular formula is C28H35N3O4. The Hall–Kier alpha value is -3.00. The van der Waals surface area contributed by atoms with Crippen molar-refractivity contribution in [2.24, 2.45) is 5.92 Å². The van der Waals surface area contributed by atoms with Crippen LogP contribution in [0.1, 0.15) is 30.4 Å². The minimum Gasteiger partial charge on any atom is -0.491 e. The first-order valence-corrected chi connectivity index (χ1v) is 12.5. The van der Waals surface area contributed by atoms with E-state index in [-0.39, 0.29) is 12.2 Å². The van der Waals surface area contributed by atoms with Gasteiger partial charge in [0.1, 0.15) is 18.5 Å². The lowest BCUT2D eigenvalue weighted by atomic mass is 9.86. The number of nitrogens with one attached hydrogen (secondary N) is 2. The van der Waals surface area contributed by atoms with Gasteiger partial charge in [-0.3, -0.25) is 4.79 Å². The number of aromatic nitrogens is 2. The van der Waals surface area contributed by atoms with Crippen LogP contribution in [-0.4, -0.2) is 54.3 Å². The summed E-state index contributed by atoms with van der Waals surface area (Å²) in [6.45, 7) is 3.13. The van der Waals surface area contributed by atoms with Crippen LogP contribution in [0.25, 0.3) is 11.3 Å². The van der Waals surface area contributed by atoms with Crippen molar-refractivity contribution in [1.82, 2.24) is 15.5 Å². The van der Waals surface area contributed by atoms with Gasteiger partial charge < -0.3 is 19.9 Å². The number of aliphatic hydroxyl groups excluding tert-OH is 1. The van der Waals surface area contributed by atoms with Crippen molar-refractivity contribution in [2.75, 3.05) is 32.9 Å². The van der Waals surface area contributed by atoms with Gasteiger partial charge in [-0.2, -0.15) is 5.10 Å². The minimum absolute atomic E-state index is 0.211. The van der Waals surface area contributed by atoms with Gasteiger partial charge in [-0.1, -0.05) is 42.8 Å². The summed E-state index contributed by atoms with van der Waals surface area (Å²) in [5, 5.41) is 20.0. The first kappa shape index (κ1) is 25.1. The molecule has 1 unspecified atom stereocenters. The first-order chi connectivity index (χ1) is 17.2. The lowest BCUT2D eigenvalue weighted by molar-refractivity contribution is 0.0722. The summed E-state index contributed by atoms with van der Waals surface area (Å²) in [4.78, 5) is 11.1. The van der Waals surface area contributed by atoms with Crippen LogP contribution in [0, 0.1) is 5.92 Å². The molecule has 0 spiro atoms. The Morgan fingerprint density at radius 2 is 1.74 bits per heavy atom. The molecule has 0 radical (unpaired) electrons. The number of nitrogens with zero attached hydrogens (tertiary/aromatic N) is 1. The Bertz CT molecular complexity index is 1060. The molecule has 4 rings (SSSR count). The van der Waals surface area contributed by atoms with Gasteiger partial charge in [-0.05, 0) is 67.5 Å². The van der Waals surface area contributed by atoms with Crippen LogP contribution in [0.15, 0.2) is 65.5 Å². The van der Waals surface area contributed by atoms with Crippen LogP contribution in [0.2, 0.25) is 0 Å². The van der Waals surface area contributed by atoms with Crippen molar-refractivity contribution < 1.29 is 14.6 Å². The van der Waals surface area contributed by atoms with E-state index >= 15 is 0 Å². The van der Waals surface area contributed by atoms with E-state index in [9.17, 15) is 9.90 Å². The normalized spacial score (nSPS) is 14.4. The predicted molar refractivity (Wildman–Crippen MR) is 137 cm³/mol. The van der Waals surface area contributed by atoms with Gasteiger partial charge in [0.05, 0.1) is 12.3 Å². The third-order valence-corrected chi connectivity index (χ3v) is 6.38. The maximum absolute atomic E-state index is 11.1. The SMILES string of the molecule is O=c1ccc(-c2ccc(CCNCC(O)COc3ccc(CCOCC4CCC4)cc3)cc2)n[nH]1. The molecule has 0 saturated heterocycles. The Morgan fingerprint density at radius 3 is 2.43 bits per heavy atom. The van der Waals surface area contributed by atoms with E-state index in [1.807, 2.05) is 36.4 Å². The average Bonchev–Trinajstić information content (AvgIpc) is 2.86. The molecule has 3 aromatic rings. The zero-order valence-corrected chi connectivity index (χ0v) is 20.1. The molecule has 186 valence electrons. The molecule has 1 heterocycles. The average molecular weight is 478 g/mol. The highest BCUT2D eigenvalue weighted by molar-refractivity contribution is 5.58. The Kier molecular flexibility index (Phi) is 9.46. The topological polar surface area (TPSA) is 96.5 Å². The van der Waals surface area contributed by atoms with Crippen molar-refractivity contribution >= 4 is 0 Å². The van der Waals surface area contributed by atoms with E-state index < -0.39 is 6.10 Å². The standard InChI is InChI=1S/C28H35N3O4/c32-25(20-35-26-10-6-22(7-11-26)15-17-34-19-23-2-1-3-23)18-29-16-14-21-4-8-24(9-5-21)27-12-13-28(33)31-30-27/h4-13,23,25,29,32H,1-3,14-20H2,(H,31,33). The molecule has 1 aliphatic rings. The Balaban J connectivity index is 1.08. The van der Waals surface area contributed by atoms with Gasteiger partial charge in [-0.25, -0.2) is 5.10 Å². The molecule has 7 heteroatoms. The van der Waals surface area contributed by atoms with Gasteiger partial charge in [0.25, 0.3) is 5.56 Å². The maximum Gasteiger partial charge on any atom is 0.264 e. The molecule has 35 heavy (non-hydrogen) atoms. The van der Waals surface area contributed by atoms with E-state index in [2.05, 4.69) is 27.6 Å². The molecule has 0 bridgehead atoms. The molecule has 1 aromatic heterocycles. The summed E-state index contributed by atoms with van der Waals surface area (Å²) >= 11 is 0. The smallest absolute Gasteiger partial charge is 0.264 e. The summed E-state index contributed by atoms with van der Waals surface area (Å²) in [6.07, 6.45) is 5.17. The second-order valence-corrected chi connectivity index (χ2v) is 9.19. The number of benzene rings is 2. The molecule has 0 aliphatic heterocycles. The van der Waals surface area contributed by atoms with E-state index in [0.717, 1.165) is 55.5 Å². The number of hydrogen-bond donors (Lipinski definition) is 3. The fourth-order valence-electron chi connectivity index (χ4n) is 3.95. The molecule has 0 amide bonds. The van der Waals surface area contributed by atoms with E-state index in [0.29, 0.717) is 6.54 Å². The number of aromatic amines is 1. The van der Waals surface area contributed by atoms with E-state index in [1.54, 1.807) is 6.07 Å². The van der Waals surface area contributed by atoms with Crippen LogP contribution < -0.4 is 15.6 Å². The summed E-state index contributed by atoms with van der Waals surface area (Å²) in [5.74, 6) is 1.55. The van der Waals surface area contributed by atoms with Gasteiger partial charge in [0.15, 0.2) is 0 Å². The zero-order valence-electron chi connectivity index (χ0n) is 20.1. The van der Waals surface area contributed by atoms with Crippen LogP contribution in [0.5, 0.6) is 5.75 Å². The second-order valence-electron chi connectivity index (χ2n) is 9.19. The number of hydrogen-bond acceptors (Lipinski definition) is 6. The first-order valence-electron chi connectivity index (χ1n) is 12.5. The van der Waals surface area contributed by atoms with Crippen molar-refractivity contribution in [1.29, 1.82) is 0 Å². The summed E-state index contributed by atoms with van der Waals surface area (Å²) in [7, 11) is 0. The van der Waals surface area contributed by atoms with Crippen molar-refractivity contribution in [3.05, 3.63) is 82.1 Å². The van der Waals surface area contributed by atoms with Crippen LogP contribution in [-0.2, 0) is 17.6 Å². The second kappa shape index (κ2) is 13.2. The summed E-state index contributed by atoms with van der Waals surface area (Å²) in [5.41, 5.74) is 3.90. The van der Waals surface area contributed by atoms with Gasteiger partial charge >= 0.3 is 0 Å². The number of ether oxygens (including phenoxy) is 2. The fourth-order valence-corrected chi connectivity index (χ4v) is 3.95. The molecule has 3 N–H and O–H groups in total. The number of H-pyrrole nitrogens is 1. The molecule has 7 nitrogen and oxygen atoms in total. The summed E-state index contributed by atoms with van der Waals surface area (Å²) in [6, 6.07) is 19.3. The van der Waals surface area contributed by atoms with Crippen molar-refractivity contribution in [3.63, 3.8) is 0 Å². The van der Waals surface area contributed by atoms with E-state index in [1.165, 1.54) is 36.5 Å². The Labute approximate surface area is 206 Å². The van der Waals surface area contributed by atoms with Gasteiger partial charge in [-0.15, -0.1) is 0 Å². The molecule has 1 fully saturated rings. The lowest BCUT2D eigenvalue weighted by Gasteiger charge is -2.24. The lowest BCUT2D eigenvalue weighted by Crippen LogP contribution is -2.32. The molecule has 1 aliphatic carbocycles. The van der Waals surface area contributed by atoms with Crippen LogP contribution >= 0.6 is 0 Å². The minimum atomic E-state index is -0.580.